The van der Waals surface area contributed by atoms with Gasteiger partial charge in [0.15, 0.2) is 5.79 Å². The molecule has 142 valence electrons. The molecule has 0 spiro atoms. The predicted octanol–water partition coefficient (Wildman–Crippen LogP) is 4.87. The van der Waals surface area contributed by atoms with Crippen molar-refractivity contribution >= 4 is 0 Å². The van der Waals surface area contributed by atoms with Crippen molar-refractivity contribution in [2.45, 2.75) is 83.0 Å². The van der Waals surface area contributed by atoms with Crippen LogP contribution in [0.5, 0.6) is 0 Å². The number of unbranched alkanes of at least 4 members (excludes halogenated alkanes) is 7. The van der Waals surface area contributed by atoms with Crippen LogP contribution in [0.1, 0.15) is 71.1 Å². The topological polar surface area (TPSA) is 40.2 Å². The van der Waals surface area contributed by atoms with Gasteiger partial charge in [-0.05, 0) is 25.3 Å². The standard InChI is InChI=1S/C20H38O4/c1-4-5-6-7-8-9-11-14-20(21-2,22-3)15-12-10-13-16-23-17-19-18-24-19/h12,15,19H,4-11,13-14,16-18H2,1-3H3/t19-/m0/s1. The van der Waals surface area contributed by atoms with E-state index in [1.165, 1.54) is 38.5 Å². The smallest absolute Gasteiger partial charge is 0.187 e. The monoisotopic (exact) mass is 342 g/mol. The lowest BCUT2D eigenvalue weighted by molar-refractivity contribution is -0.175. The van der Waals surface area contributed by atoms with Crippen molar-refractivity contribution in [1.82, 2.24) is 0 Å². The molecule has 0 saturated carbocycles. The Labute approximate surface area is 148 Å². The van der Waals surface area contributed by atoms with Gasteiger partial charge in [0.2, 0.25) is 0 Å². The van der Waals surface area contributed by atoms with Crippen molar-refractivity contribution in [2.24, 2.45) is 0 Å². The van der Waals surface area contributed by atoms with Gasteiger partial charge in [0, 0.05) is 27.2 Å². The molecular weight excluding hydrogens is 304 g/mol. The second-order valence-corrected chi connectivity index (χ2v) is 6.67. The number of allylic oxidation sites excluding steroid dienone is 1. The maximum Gasteiger partial charge on any atom is 0.187 e. The van der Waals surface area contributed by atoms with E-state index in [1.54, 1.807) is 14.2 Å². The SMILES string of the molecule is CCCCCCCCCC(C=CCCCOC[C@H]1CO1)(OC)OC. The van der Waals surface area contributed by atoms with E-state index >= 15 is 0 Å². The van der Waals surface area contributed by atoms with Crippen LogP contribution in [0.3, 0.4) is 0 Å². The number of rotatable bonds is 17. The third-order valence-electron chi connectivity index (χ3n) is 4.56. The van der Waals surface area contributed by atoms with Gasteiger partial charge in [0.1, 0.15) is 6.10 Å². The van der Waals surface area contributed by atoms with Gasteiger partial charge in [0.25, 0.3) is 0 Å². The van der Waals surface area contributed by atoms with Crippen LogP contribution >= 0.6 is 0 Å². The summed E-state index contributed by atoms with van der Waals surface area (Å²) < 4.78 is 21.9. The Morgan fingerprint density at radius 2 is 1.67 bits per heavy atom. The molecule has 4 nitrogen and oxygen atoms in total. The lowest BCUT2D eigenvalue weighted by atomic mass is 10.0. The number of methoxy groups -OCH3 is 2. The van der Waals surface area contributed by atoms with E-state index in [-0.39, 0.29) is 0 Å². The Kier molecular flexibility index (Phi) is 12.5. The molecule has 1 rings (SSSR count). The number of epoxide rings is 1. The highest BCUT2D eigenvalue weighted by atomic mass is 16.7. The first-order valence-electron chi connectivity index (χ1n) is 9.73. The summed E-state index contributed by atoms with van der Waals surface area (Å²) in [6.07, 6.45) is 16.6. The molecule has 1 heterocycles. The molecule has 1 fully saturated rings. The first-order chi connectivity index (χ1) is 11.8. The average Bonchev–Trinajstić information content (AvgIpc) is 3.43. The van der Waals surface area contributed by atoms with Gasteiger partial charge < -0.3 is 18.9 Å². The average molecular weight is 343 g/mol. The van der Waals surface area contributed by atoms with E-state index in [0.717, 1.165) is 45.5 Å². The molecule has 4 heteroatoms. The molecule has 0 unspecified atom stereocenters. The summed E-state index contributed by atoms with van der Waals surface area (Å²) in [6.45, 7) is 4.64. The third-order valence-corrected chi connectivity index (χ3v) is 4.56. The third kappa shape index (κ3) is 10.4. The fourth-order valence-electron chi connectivity index (χ4n) is 2.78. The lowest BCUT2D eigenvalue weighted by Gasteiger charge is -2.27. The molecule has 0 aromatic carbocycles. The Bertz CT molecular complexity index is 309. The highest BCUT2D eigenvalue weighted by Crippen LogP contribution is 2.23. The Morgan fingerprint density at radius 1 is 1.00 bits per heavy atom. The van der Waals surface area contributed by atoms with Crippen molar-refractivity contribution in [1.29, 1.82) is 0 Å². The molecule has 1 atom stereocenters. The quantitative estimate of drug-likeness (QED) is 0.164. The summed E-state index contributed by atoms with van der Waals surface area (Å²) in [6, 6.07) is 0. The van der Waals surface area contributed by atoms with E-state index in [9.17, 15) is 0 Å². The highest BCUT2D eigenvalue weighted by molar-refractivity contribution is 4.96. The lowest BCUT2D eigenvalue weighted by Crippen LogP contribution is -2.31. The fourth-order valence-corrected chi connectivity index (χ4v) is 2.78. The summed E-state index contributed by atoms with van der Waals surface area (Å²) in [4.78, 5) is 0. The maximum absolute atomic E-state index is 5.64. The molecule has 24 heavy (non-hydrogen) atoms. The molecule has 1 aliphatic heterocycles. The van der Waals surface area contributed by atoms with Crippen LogP contribution in [-0.2, 0) is 18.9 Å². The summed E-state index contributed by atoms with van der Waals surface area (Å²) in [5.41, 5.74) is 0. The van der Waals surface area contributed by atoms with Crippen LogP contribution < -0.4 is 0 Å². The van der Waals surface area contributed by atoms with Crippen molar-refractivity contribution in [3.05, 3.63) is 12.2 Å². The van der Waals surface area contributed by atoms with Gasteiger partial charge in [-0.3, -0.25) is 0 Å². The van der Waals surface area contributed by atoms with Crippen molar-refractivity contribution in [2.75, 3.05) is 34.0 Å². The zero-order valence-corrected chi connectivity index (χ0v) is 16.1. The highest BCUT2D eigenvalue weighted by Gasteiger charge is 2.25. The molecule has 0 aliphatic carbocycles. The fraction of sp³-hybridized carbons (Fsp3) is 0.900. The predicted molar refractivity (Wildman–Crippen MR) is 98.3 cm³/mol. The van der Waals surface area contributed by atoms with Crippen LogP contribution in [0.25, 0.3) is 0 Å². The van der Waals surface area contributed by atoms with Crippen LogP contribution in [0, 0.1) is 0 Å². The second kappa shape index (κ2) is 13.8. The van der Waals surface area contributed by atoms with Gasteiger partial charge in [-0.25, -0.2) is 0 Å². The van der Waals surface area contributed by atoms with Crippen LogP contribution in [0.15, 0.2) is 12.2 Å². The van der Waals surface area contributed by atoms with E-state index in [0.29, 0.717) is 6.10 Å². The molecule has 0 aromatic rings. The molecule has 0 amide bonds. The zero-order valence-electron chi connectivity index (χ0n) is 16.1. The van der Waals surface area contributed by atoms with Crippen LogP contribution in [-0.4, -0.2) is 45.9 Å². The molecule has 0 aromatic heterocycles. The van der Waals surface area contributed by atoms with Gasteiger partial charge >= 0.3 is 0 Å². The zero-order chi connectivity index (χ0) is 17.5. The van der Waals surface area contributed by atoms with Crippen LogP contribution in [0.2, 0.25) is 0 Å². The van der Waals surface area contributed by atoms with Gasteiger partial charge in [-0.15, -0.1) is 0 Å². The van der Waals surface area contributed by atoms with Crippen LogP contribution in [0.4, 0.5) is 0 Å². The van der Waals surface area contributed by atoms with Gasteiger partial charge in [0.05, 0.1) is 13.2 Å². The molecule has 0 radical (unpaired) electrons. The Morgan fingerprint density at radius 3 is 2.29 bits per heavy atom. The summed E-state index contributed by atoms with van der Waals surface area (Å²) in [7, 11) is 3.46. The minimum absolute atomic E-state index is 0.358. The Balaban J connectivity index is 2.10. The van der Waals surface area contributed by atoms with E-state index < -0.39 is 5.79 Å². The largest absolute Gasteiger partial charge is 0.379 e. The summed E-state index contributed by atoms with van der Waals surface area (Å²) in [5, 5.41) is 0. The van der Waals surface area contributed by atoms with Gasteiger partial charge in [-0.2, -0.15) is 0 Å². The van der Waals surface area contributed by atoms with Gasteiger partial charge in [-0.1, -0.05) is 51.5 Å². The van der Waals surface area contributed by atoms with E-state index in [4.69, 9.17) is 18.9 Å². The maximum atomic E-state index is 5.64. The summed E-state index contributed by atoms with van der Waals surface area (Å²) in [5.74, 6) is -0.563. The normalized spacial score (nSPS) is 17.7. The Hall–Kier alpha value is -0.420. The number of hydrogen-bond donors (Lipinski definition) is 0. The van der Waals surface area contributed by atoms with E-state index in [1.807, 2.05) is 0 Å². The van der Waals surface area contributed by atoms with Crippen molar-refractivity contribution in [3.63, 3.8) is 0 Å². The minimum atomic E-state index is -0.563. The molecule has 0 N–H and O–H groups in total. The van der Waals surface area contributed by atoms with Crippen molar-refractivity contribution < 1.29 is 18.9 Å². The van der Waals surface area contributed by atoms with E-state index in [2.05, 4.69) is 19.1 Å². The molecule has 1 saturated heterocycles. The molecule has 0 bridgehead atoms. The first kappa shape index (κ1) is 21.6. The number of ether oxygens (including phenoxy) is 4. The second-order valence-electron chi connectivity index (χ2n) is 6.67. The van der Waals surface area contributed by atoms with Crippen molar-refractivity contribution in [3.8, 4) is 0 Å². The summed E-state index contributed by atoms with van der Waals surface area (Å²) >= 11 is 0. The number of hydrogen-bond acceptors (Lipinski definition) is 4. The minimum Gasteiger partial charge on any atom is -0.379 e. The molecular formula is C20H38O4. The molecule has 1 aliphatic rings. The first-order valence-corrected chi connectivity index (χ1v) is 9.73.